The average Bonchev–Trinajstić information content (AvgIpc) is 2.52. The highest BCUT2D eigenvalue weighted by Crippen LogP contribution is 2.33. The lowest BCUT2D eigenvalue weighted by atomic mass is 9.78. The first-order valence-corrected chi connectivity index (χ1v) is 6.99. The van der Waals surface area contributed by atoms with Gasteiger partial charge in [-0.25, -0.2) is 0 Å². The molecule has 0 spiro atoms. The number of nitrogens with zero attached hydrogens (tertiary/aromatic N) is 1. The minimum absolute atomic E-state index is 0.417. The van der Waals surface area contributed by atoms with E-state index in [1.54, 1.807) is 0 Å². The van der Waals surface area contributed by atoms with Gasteiger partial charge in [-0.15, -0.1) is 0 Å². The minimum atomic E-state index is 0.417. The van der Waals surface area contributed by atoms with E-state index >= 15 is 0 Å². The molecule has 2 heteroatoms. The molecule has 2 N–H and O–H groups in total. The van der Waals surface area contributed by atoms with Crippen molar-refractivity contribution in [1.29, 1.82) is 0 Å². The van der Waals surface area contributed by atoms with Crippen molar-refractivity contribution in [2.75, 3.05) is 13.1 Å². The highest BCUT2D eigenvalue weighted by atomic mass is 15.2. The van der Waals surface area contributed by atoms with Gasteiger partial charge in [0, 0.05) is 18.1 Å². The van der Waals surface area contributed by atoms with Crippen LogP contribution in [-0.4, -0.2) is 29.6 Å². The monoisotopic (exact) mass is 224 g/mol. The van der Waals surface area contributed by atoms with Crippen LogP contribution in [0.1, 0.15) is 52.9 Å². The maximum atomic E-state index is 6.28. The van der Waals surface area contributed by atoms with Crippen LogP contribution in [0.15, 0.2) is 0 Å². The van der Waals surface area contributed by atoms with E-state index in [1.807, 2.05) is 0 Å². The number of rotatable bonds is 2. The van der Waals surface area contributed by atoms with Gasteiger partial charge in [-0.2, -0.15) is 0 Å². The number of hydrogen-bond acceptors (Lipinski definition) is 2. The van der Waals surface area contributed by atoms with Crippen LogP contribution in [0.3, 0.4) is 0 Å². The van der Waals surface area contributed by atoms with Crippen LogP contribution in [0.2, 0.25) is 0 Å². The summed E-state index contributed by atoms with van der Waals surface area (Å²) in [6.45, 7) is 9.67. The minimum Gasteiger partial charge on any atom is -0.327 e. The van der Waals surface area contributed by atoms with Crippen molar-refractivity contribution in [3.8, 4) is 0 Å². The van der Waals surface area contributed by atoms with Crippen molar-refractivity contribution in [2.24, 2.45) is 17.6 Å². The molecule has 1 saturated carbocycles. The fourth-order valence-corrected chi connectivity index (χ4v) is 3.52. The molecule has 0 aromatic carbocycles. The average molecular weight is 224 g/mol. The maximum Gasteiger partial charge on any atom is 0.0153 e. The summed E-state index contributed by atoms with van der Waals surface area (Å²) in [6, 6.07) is 0.451. The molecule has 3 unspecified atom stereocenters. The number of nitrogens with two attached hydrogens (primary N) is 1. The Bertz CT molecular complexity index is 237. The lowest BCUT2D eigenvalue weighted by Crippen LogP contribution is -2.47. The van der Waals surface area contributed by atoms with Crippen molar-refractivity contribution >= 4 is 0 Å². The van der Waals surface area contributed by atoms with Crippen molar-refractivity contribution in [2.45, 2.75) is 64.5 Å². The second kappa shape index (κ2) is 4.66. The molecule has 16 heavy (non-hydrogen) atoms. The third kappa shape index (κ3) is 2.60. The zero-order valence-corrected chi connectivity index (χ0v) is 11.2. The van der Waals surface area contributed by atoms with E-state index in [1.165, 1.54) is 45.2 Å². The summed E-state index contributed by atoms with van der Waals surface area (Å²) in [7, 11) is 0. The second-order valence-corrected chi connectivity index (χ2v) is 6.70. The summed E-state index contributed by atoms with van der Waals surface area (Å²) in [5, 5.41) is 0. The SMILES string of the molecule is CC1CCC(N)C(CN2CCCC2(C)C)C1. The third-order valence-corrected chi connectivity index (χ3v) is 4.83. The smallest absolute Gasteiger partial charge is 0.0153 e. The lowest BCUT2D eigenvalue weighted by Gasteiger charge is -2.39. The fourth-order valence-electron chi connectivity index (χ4n) is 3.52. The third-order valence-electron chi connectivity index (χ3n) is 4.83. The molecule has 0 aromatic heterocycles. The van der Waals surface area contributed by atoms with Gasteiger partial charge in [-0.1, -0.05) is 6.92 Å². The molecule has 2 rings (SSSR count). The molecule has 0 amide bonds. The van der Waals surface area contributed by atoms with Crippen LogP contribution >= 0.6 is 0 Å². The van der Waals surface area contributed by atoms with E-state index in [2.05, 4.69) is 25.7 Å². The highest BCUT2D eigenvalue weighted by molar-refractivity contribution is 4.91. The maximum absolute atomic E-state index is 6.28. The predicted octanol–water partition coefficient (Wildman–Crippen LogP) is 2.62. The Morgan fingerprint density at radius 2 is 2.06 bits per heavy atom. The van der Waals surface area contributed by atoms with Gasteiger partial charge in [0.1, 0.15) is 0 Å². The first-order chi connectivity index (χ1) is 7.49. The molecular formula is C14H28N2. The molecular weight excluding hydrogens is 196 g/mol. The van der Waals surface area contributed by atoms with Gasteiger partial charge in [-0.3, -0.25) is 4.90 Å². The fraction of sp³-hybridized carbons (Fsp3) is 1.00. The topological polar surface area (TPSA) is 29.3 Å². The van der Waals surface area contributed by atoms with Gasteiger partial charge in [0.2, 0.25) is 0 Å². The summed E-state index contributed by atoms with van der Waals surface area (Å²) < 4.78 is 0. The van der Waals surface area contributed by atoms with Gasteiger partial charge in [0.05, 0.1) is 0 Å². The van der Waals surface area contributed by atoms with Gasteiger partial charge in [0.15, 0.2) is 0 Å². The van der Waals surface area contributed by atoms with E-state index in [0.717, 1.165) is 11.8 Å². The van der Waals surface area contributed by atoms with Crippen molar-refractivity contribution < 1.29 is 0 Å². The lowest BCUT2D eigenvalue weighted by molar-refractivity contribution is 0.112. The largest absolute Gasteiger partial charge is 0.327 e. The van der Waals surface area contributed by atoms with E-state index in [9.17, 15) is 0 Å². The van der Waals surface area contributed by atoms with Crippen LogP contribution in [0.5, 0.6) is 0 Å². The normalized spacial score (nSPS) is 40.1. The Morgan fingerprint density at radius 3 is 2.69 bits per heavy atom. The van der Waals surface area contributed by atoms with Crippen molar-refractivity contribution in [3.05, 3.63) is 0 Å². The van der Waals surface area contributed by atoms with Gasteiger partial charge >= 0.3 is 0 Å². The molecule has 0 bridgehead atoms. The first kappa shape index (κ1) is 12.4. The van der Waals surface area contributed by atoms with Crippen molar-refractivity contribution in [3.63, 3.8) is 0 Å². The van der Waals surface area contributed by atoms with Crippen LogP contribution in [0.25, 0.3) is 0 Å². The summed E-state index contributed by atoms with van der Waals surface area (Å²) in [5.41, 5.74) is 6.70. The number of likely N-dealkylation sites (tertiary alicyclic amines) is 1. The van der Waals surface area contributed by atoms with Crippen LogP contribution < -0.4 is 5.73 Å². The highest BCUT2D eigenvalue weighted by Gasteiger charge is 2.35. The molecule has 94 valence electrons. The molecule has 1 aliphatic carbocycles. The number of hydrogen-bond donors (Lipinski definition) is 1. The molecule has 0 radical (unpaired) electrons. The first-order valence-electron chi connectivity index (χ1n) is 6.99. The Balaban J connectivity index is 1.92. The Kier molecular flexibility index (Phi) is 3.60. The van der Waals surface area contributed by atoms with Gasteiger partial charge < -0.3 is 5.73 Å². The van der Waals surface area contributed by atoms with E-state index in [0.29, 0.717) is 11.6 Å². The van der Waals surface area contributed by atoms with Crippen molar-refractivity contribution in [1.82, 2.24) is 4.90 Å². The van der Waals surface area contributed by atoms with E-state index in [-0.39, 0.29) is 0 Å². The van der Waals surface area contributed by atoms with E-state index in [4.69, 9.17) is 5.73 Å². The molecule has 1 heterocycles. The summed E-state index contributed by atoms with van der Waals surface area (Å²) in [4.78, 5) is 2.68. The molecule has 1 aliphatic heterocycles. The van der Waals surface area contributed by atoms with Gasteiger partial charge in [0.25, 0.3) is 0 Å². The quantitative estimate of drug-likeness (QED) is 0.781. The Labute approximate surface area is 101 Å². The zero-order chi connectivity index (χ0) is 11.8. The molecule has 1 saturated heterocycles. The summed E-state index contributed by atoms with van der Waals surface area (Å²) in [5.74, 6) is 1.62. The van der Waals surface area contributed by atoms with Crippen LogP contribution in [0.4, 0.5) is 0 Å². The Morgan fingerprint density at radius 1 is 1.31 bits per heavy atom. The van der Waals surface area contributed by atoms with E-state index < -0.39 is 0 Å². The van der Waals surface area contributed by atoms with Gasteiger partial charge in [-0.05, 0) is 64.3 Å². The standard InChI is InChI=1S/C14H28N2/c1-11-5-6-13(15)12(9-11)10-16-8-4-7-14(16,2)3/h11-13H,4-10,15H2,1-3H3. The summed E-state index contributed by atoms with van der Waals surface area (Å²) >= 11 is 0. The molecule has 2 fully saturated rings. The molecule has 2 nitrogen and oxygen atoms in total. The zero-order valence-electron chi connectivity index (χ0n) is 11.2. The second-order valence-electron chi connectivity index (χ2n) is 6.70. The summed E-state index contributed by atoms with van der Waals surface area (Å²) in [6.07, 6.45) is 6.63. The predicted molar refractivity (Wildman–Crippen MR) is 69.4 cm³/mol. The van der Waals surface area contributed by atoms with Crippen LogP contribution in [-0.2, 0) is 0 Å². The Hall–Kier alpha value is -0.0800. The molecule has 0 aromatic rings. The molecule has 3 atom stereocenters. The molecule has 2 aliphatic rings. The van der Waals surface area contributed by atoms with Crippen LogP contribution in [0, 0.1) is 11.8 Å².